The lowest BCUT2D eigenvalue weighted by atomic mass is 10.2. The maximum absolute atomic E-state index is 13.4. The van der Waals surface area contributed by atoms with Crippen molar-refractivity contribution in [3.05, 3.63) is 95.8 Å². The summed E-state index contributed by atoms with van der Waals surface area (Å²) in [7, 11) is 3.54. The number of benzene rings is 2. The quantitative estimate of drug-likeness (QED) is 0.489. The zero-order valence-electron chi connectivity index (χ0n) is 19.3. The van der Waals surface area contributed by atoms with Crippen LogP contribution in [0.15, 0.2) is 79.0 Å². The van der Waals surface area contributed by atoms with E-state index in [1.165, 1.54) is 4.90 Å². The molecule has 33 heavy (non-hydrogen) atoms. The first-order chi connectivity index (χ1) is 16.1. The number of carbonyl (C=O) groups is 2. The summed E-state index contributed by atoms with van der Waals surface area (Å²) >= 11 is 0. The third-order valence-corrected chi connectivity index (χ3v) is 5.44. The molecule has 0 fully saturated rings. The average molecular weight is 449 g/mol. The van der Waals surface area contributed by atoms with Gasteiger partial charge in [-0.3, -0.25) is 4.79 Å². The van der Waals surface area contributed by atoms with Gasteiger partial charge in [0, 0.05) is 45.7 Å². The Bertz CT molecular complexity index is 1000. The van der Waals surface area contributed by atoms with Gasteiger partial charge >= 0.3 is 6.03 Å². The normalized spacial score (nSPS) is 10.6. The fourth-order valence-corrected chi connectivity index (χ4v) is 3.49. The smallest absolute Gasteiger partial charge is 0.318 e. The molecule has 0 aliphatic rings. The number of urea groups is 1. The van der Waals surface area contributed by atoms with Crippen molar-refractivity contribution in [2.24, 2.45) is 7.05 Å². The number of ether oxygens (including phenoxy) is 1. The molecule has 0 aliphatic heterocycles. The maximum Gasteiger partial charge on any atom is 0.318 e. The van der Waals surface area contributed by atoms with Crippen LogP contribution in [0.3, 0.4) is 0 Å². The molecule has 3 amide bonds. The second-order valence-electron chi connectivity index (χ2n) is 7.90. The van der Waals surface area contributed by atoms with Gasteiger partial charge in [0.25, 0.3) is 0 Å². The lowest BCUT2D eigenvalue weighted by molar-refractivity contribution is -0.133. The largest absolute Gasteiger partial charge is 0.383 e. The van der Waals surface area contributed by atoms with Crippen LogP contribution in [-0.2, 0) is 36.2 Å². The van der Waals surface area contributed by atoms with Gasteiger partial charge in [-0.1, -0.05) is 60.7 Å². The van der Waals surface area contributed by atoms with Crippen LogP contribution in [0, 0.1) is 0 Å². The molecular formula is C26H32N4O3. The molecule has 1 N–H and O–H groups in total. The van der Waals surface area contributed by atoms with E-state index < -0.39 is 0 Å². The number of aromatic nitrogens is 1. The second kappa shape index (κ2) is 12.5. The molecule has 0 radical (unpaired) electrons. The minimum absolute atomic E-state index is 0.0265. The van der Waals surface area contributed by atoms with Crippen LogP contribution in [0.2, 0.25) is 0 Å². The minimum atomic E-state index is -0.289. The van der Waals surface area contributed by atoms with Crippen LogP contribution < -0.4 is 5.32 Å². The number of amides is 3. The standard InChI is InChI=1S/C26H32N4O3/c1-28-15-9-14-24(28)20-30(19-23-12-7-4-8-13-23)25(31)21-29(16-17-33-2)26(32)27-18-22-10-5-3-6-11-22/h3-15H,16-21H2,1-2H3,(H,27,32). The van der Waals surface area contributed by atoms with Crippen LogP contribution in [0.4, 0.5) is 4.79 Å². The van der Waals surface area contributed by atoms with E-state index in [9.17, 15) is 9.59 Å². The van der Waals surface area contributed by atoms with E-state index in [1.54, 1.807) is 12.0 Å². The highest BCUT2D eigenvalue weighted by molar-refractivity contribution is 5.84. The molecule has 1 heterocycles. The lowest BCUT2D eigenvalue weighted by Crippen LogP contribution is -2.47. The summed E-state index contributed by atoms with van der Waals surface area (Å²) in [6.07, 6.45) is 1.96. The van der Waals surface area contributed by atoms with Crippen molar-refractivity contribution in [3.8, 4) is 0 Å². The number of aryl methyl sites for hydroxylation is 1. The first-order valence-electron chi connectivity index (χ1n) is 11.0. The molecule has 0 unspecified atom stereocenters. The summed E-state index contributed by atoms with van der Waals surface area (Å²) in [6.45, 7) is 1.97. The number of methoxy groups -OCH3 is 1. The van der Waals surface area contributed by atoms with Crippen molar-refractivity contribution >= 4 is 11.9 Å². The molecule has 3 rings (SSSR count). The van der Waals surface area contributed by atoms with Crippen molar-refractivity contribution < 1.29 is 14.3 Å². The minimum Gasteiger partial charge on any atom is -0.383 e. The van der Waals surface area contributed by atoms with E-state index in [2.05, 4.69) is 5.32 Å². The third-order valence-electron chi connectivity index (χ3n) is 5.44. The van der Waals surface area contributed by atoms with Crippen LogP contribution >= 0.6 is 0 Å². The summed E-state index contributed by atoms with van der Waals surface area (Å²) in [4.78, 5) is 29.6. The first-order valence-corrected chi connectivity index (χ1v) is 11.0. The molecule has 0 saturated heterocycles. The monoisotopic (exact) mass is 448 g/mol. The highest BCUT2D eigenvalue weighted by Gasteiger charge is 2.22. The summed E-state index contributed by atoms with van der Waals surface area (Å²) in [5.74, 6) is -0.119. The van der Waals surface area contributed by atoms with E-state index in [0.29, 0.717) is 32.8 Å². The molecule has 0 spiro atoms. The molecule has 174 valence electrons. The van der Waals surface area contributed by atoms with Crippen molar-refractivity contribution in [3.63, 3.8) is 0 Å². The second-order valence-corrected chi connectivity index (χ2v) is 7.90. The van der Waals surface area contributed by atoms with Crippen LogP contribution in [0.5, 0.6) is 0 Å². The fourth-order valence-electron chi connectivity index (χ4n) is 3.49. The van der Waals surface area contributed by atoms with E-state index in [4.69, 9.17) is 4.74 Å². The first kappa shape index (κ1) is 24.1. The Balaban J connectivity index is 1.70. The molecule has 0 atom stereocenters. The van der Waals surface area contributed by atoms with Gasteiger partial charge in [0.2, 0.25) is 5.91 Å². The number of nitrogens with one attached hydrogen (secondary N) is 1. The van der Waals surface area contributed by atoms with Gasteiger partial charge in [-0.25, -0.2) is 4.79 Å². The fraction of sp³-hybridized carbons (Fsp3) is 0.308. The van der Waals surface area contributed by atoms with Crippen LogP contribution in [0.1, 0.15) is 16.8 Å². The molecule has 1 aromatic heterocycles. The van der Waals surface area contributed by atoms with Gasteiger partial charge in [0.1, 0.15) is 6.54 Å². The van der Waals surface area contributed by atoms with Crippen LogP contribution in [0.25, 0.3) is 0 Å². The van der Waals surface area contributed by atoms with Gasteiger partial charge in [-0.05, 0) is 23.3 Å². The highest BCUT2D eigenvalue weighted by atomic mass is 16.5. The van der Waals surface area contributed by atoms with Gasteiger partial charge in [0.05, 0.1) is 13.2 Å². The Morgan fingerprint density at radius 3 is 2.15 bits per heavy atom. The summed E-state index contributed by atoms with van der Waals surface area (Å²) in [5, 5.41) is 2.91. The number of hydrogen-bond donors (Lipinski definition) is 1. The molecular weight excluding hydrogens is 416 g/mol. The molecule has 3 aromatic rings. The topological polar surface area (TPSA) is 66.8 Å². The Kier molecular flexibility index (Phi) is 9.08. The summed E-state index contributed by atoms with van der Waals surface area (Å²) < 4.78 is 7.17. The number of nitrogens with zero attached hydrogens (tertiary/aromatic N) is 3. The molecule has 0 saturated carbocycles. The van der Waals surface area contributed by atoms with Gasteiger partial charge in [0.15, 0.2) is 0 Å². The lowest BCUT2D eigenvalue weighted by Gasteiger charge is -2.28. The van der Waals surface area contributed by atoms with Crippen molar-refractivity contribution in [2.45, 2.75) is 19.6 Å². The average Bonchev–Trinajstić information content (AvgIpc) is 3.25. The third kappa shape index (κ3) is 7.50. The van der Waals surface area contributed by atoms with Crippen molar-refractivity contribution in [1.82, 2.24) is 19.7 Å². The maximum atomic E-state index is 13.4. The van der Waals surface area contributed by atoms with Gasteiger partial charge in [-0.2, -0.15) is 0 Å². The Hall–Kier alpha value is -3.58. The number of hydrogen-bond acceptors (Lipinski definition) is 3. The van der Waals surface area contributed by atoms with Gasteiger partial charge in [-0.15, -0.1) is 0 Å². The molecule has 2 aromatic carbocycles. The predicted octanol–water partition coefficient (Wildman–Crippen LogP) is 3.41. The summed E-state index contributed by atoms with van der Waals surface area (Å²) in [5.41, 5.74) is 3.06. The van der Waals surface area contributed by atoms with Crippen molar-refractivity contribution in [2.75, 3.05) is 26.8 Å². The SMILES string of the molecule is COCCN(CC(=O)N(Cc1ccccc1)Cc1cccn1C)C(=O)NCc1ccccc1. The Morgan fingerprint density at radius 2 is 1.55 bits per heavy atom. The molecule has 7 nitrogen and oxygen atoms in total. The zero-order chi connectivity index (χ0) is 23.5. The summed E-state index contributed by atoms with van der Waals surface area (Å²) in [6, 6.07) is 23.2. The van der Waals surface area contributed by atoms with E-state index in [0.717, 1.165) is 16.8 Å². The van der Waals surface area contributed by atoms with Crippen molar-refractivity contribution in [1.29, 1.82) is 0 Å². The number of carbonyl (C=O) groups excluding carboxylic acids is 2. The van der Waals surface area contributed by atoms with E-state index in [-0.39, 0.29) is 18.5 Å². The molecule has 7 heteroatoms. The van der Waals surface area contributed by atoms with E-state index in [1.807, 2.05) is 90.6 Å². The zero-order valence-corrected chi connectivity index (χ0v) is 19.3. The highest BCUT2D eigenvalue weighted by Crippen LogP contribution is 2.12. The predicted molar refractivity (Wildman–Crippen MR) is 128 cm³/mol. The van der Waals surface area contributed by atoms with E-state index >= 15 is 0 Å². The Labute approximate surface area is 195 Å². The molecule has 0 aliphatic carbocycles. The molecule has 0 bridgehead atoms. The van der Waals surface area contributed by atoms with Crippen LogP contribution in [-0.4, -0.2) is 53.1 Å². The van der Waals surface area contributed by atoms with Gasteiger partial charge < -0.3 is 24.4 Å². The number of rotatable bonds is 11. The Morgan fingerprint density at radius 1 is 0.879 bits per heavy atom.